The fraction of sp³-hybridized carbons (Fsp3) is 0. The van der Waals surface area contributed by atoms with E-state index in [1.807, 2.05) is 24.3 Å². The molecule has 0 aliphatic carbocycles. The molecular formula is C47H31N3. The van der Waals surface area contributed by atoms with Crippen LogP contribution in [0.3, 0.4) is 0 Å². The zero-order valence-electron chi connectivity index (χ0n) is 27.2. The van der Waals surface area contributed by atoms with Crippen LogP contribution in [0.4, 0.5) is 0 Å². The minimum atomic E-state index is 0.634. The zero-order chi connectivity index (χ0) is 33.3. The van der Waals surface area contributed by atoms with Crippen LogP contribution in [-0.2, 0) is 0 Å². The molecule has 0 fully saturated rings. The zero-order valence-corrected chi connectivity index (χ0v) is 27.2. The number of benzene rings is 8. The van der Waals surface area contributed by atoms with Crippen molar-refractivity contribution in [1.29, 1.82) is 0 Å². The van der Waals surface area contributed by atoms with Crippen LogP contribution in [-0.4, -0.2) is 15.0 Å². The number of hydrogen-bond donors (Lipinski definition) is 0. The van der Waals surface area contributed by atoms with Crippen molar-refractivity contribution in [2.75, 3.05) is 0 Å². The van der Waals surface area contributed by atoms with Crippen LogP contribution in [0.2, 0.25) is 0 Å². The minimum Gasteiger partial charge on any atom is -0.208 e. The Morgan fingerprint density at radius 2 is 0.600 bits per heavy atom. The summed E-state index contributed by atoms with van der Waals surface area (Å²) in [6.07, 6.45) is 0. The summed E-state index contributed by atoms with van der Waals surface area (Å²) >= 11 is 0. The summed E-state index contributed by atoms with van der Waals surface area (Å²) in [4.78, 5) is 15.3. The molecule has 9 aromatic rings. The molecule has 8 aromatic carbocycles. The molecule has 0 aliphatic rings. The van der Waals surface area contributed by atoms with E-state index in [9.17, 15) is 0 Å². The van der Waals surface area contributed by atoms with E-state index in [0.717, 1.165) is 33.2 Å². The highest BCUT2D eigenvalue weighted by Gasteiger charge is 2.19. The average Bonchev–Trinajstić information content (AvgIpc) is 3.21. The molecule has 3 nitrogen and oxygen atoms in total. The van der Waals surface area contributed by atoms with Gasteiger partial charge >= 0.3 is 0 Å². The van der Waals surface area contributed by atoms with Crippen molar-refractivity contribution in [1.82, 2.24) is 15.0 Å². The molecule has 0 atom stereocenters. The summed E-state index contributed by atoms with van der Waals surface area (Å²) < 4.78 is 0. The van der Waals surface area contributed by atoms with Gasteiger partial charge in [-0.15, -0.1) is 0 Å². The molecule has 0 spiro atoms. The molecule has 0 saturated heterocycles. The Bertz CT molecular complexity index is 2620. The number of rotatable bonds is 6. The van der Waals surface area contributed by atoms with E-state index < -0.39 is 0 Å². The molecule has 0 saturated carbocycles. The van der Waals surface area contributed by atoms with E-state index in [0.29, 0.717) is 17.5 Å². The van der Waals surface area contributed by atoms with Crippen molar-refractivity contribution in [2.24, 2.45) is 0 Å². The topological polar surface area (TPSA) is 38.7 Å². The highest BCUT2D eigenvalue weighted by molar-refractivity contribution is 6.21. The third-order valence-corrected chi connectivity index (χ3v) is 9.30. The van der Waals surface area contributed by atoms with E-state index in [2.05, 4.69) is 164 Å². The molecule has 0 bridgehead atoms. The number of hydrogen-bond acceptors (Lipinski definition) is 3. The Morgan fingerprint density at radius 1 is 0.220 bits per heavy atom. The van der Waals surface area contributed by atoms with Gasteiger partial charge in [0.1, 0.15) is 0 Å². The molecule has 50 heavy (non-hydrogen) atoms. The first kappa shape index (κ1) is 29.4. The van der Waals surface area contributed by atoms with Crippen molar-refractivity contribution >= 4 is 21.5 Å². The fourth-order valence-electron chi connectivity index (χ4n) is 6.97. The lowest BCUT2D eigenvalue weighted by molar-refractivity contribution is 1.07. The molecule has 9 rings (SSSR count). The maximum absolute atomic E-state index is 5.16. The predicted octanol–water partition coefficient (Wildman–Crippen LogP) is 12.2. The normalized spacial score (nSPS) is 11.2. The molecular weight excluding hydrogens is 607 g/mol. The summed E-state index contributed by atoms with van der Waals surface area (Å²) in [6.45, 7) is 0. The quantitative estimate of drug-likeness (QED) is 0.170. The number of aromatic nitrogens is 3. The standard InChI is InChI=1S/C47H31N3/c1-5-16-32(17-6-1)36-24-15-25-37(30-36)46-48-45(35-22-11-4-12-23-35)49-47(50-46)38-28-29-41-42(31-38)44(34-20-9-3-10-21-34)40-27-14-13-26-39(40)43(41)33-18-7-2-8-19-33/h1-31H. The van der Waals surface area contributed by atoms with Crippen molar-refractivity contribution in [2.45, 2.75) is 0 Å². The van der Waals surface area contributed by atoms with Gasteiger partial charge in [-0.2, -0.15) is 0 Å². The minimum absolute atomic E-state index is 0.634. The van der Waals surface area contributed by atoms with Gasteiger partial charge in [-0.1, -0.05) is 176 Å². The molecule has 0 aliphatic heterocycles. The van der Waals surface area contributed by atoms with E-state index in [1.54, 1.807) is 0 Å². The Labute approximate surface area is 291 Å². The third kappa shape index (κ3) is 5.41. The van der Waals surface area contributed by atoms with Gasteiger partial charge in [0.25, 0.3) is 0 Å². The highest BCUT2D eigenvalue weighted by Crippen LogP contribution is 2.44. The highest BCUT2D eigenvalue weighted by atomic mass is 15.0. The number of nitrogens with zero attached hydrogens (tertiary/aromatic N) is 3. The Balaban J connectivity index is 1.31. The van der Waals surface area contributed by atoms with Gasteiger partial charge in [0.15, 0.2) is 17.5 Å². The average molecular weight is 638 g/mol. The Morgan fingerprint density at radius 3 is 1.16 bits per heavy atom. The van der Waals surface area contributed by atoms with Gasteiger partial charge in [0.2, 0.25) is 0 Å². The van der Waals surface area contributed by atoms with E-state index in [4.69, 9.17) is 15.0 Å². The molecule has 3 heteroatoms. The molecule has 234 valence electrons. The molecule has 1 heterocycles. The molecule has 1 aromatic heterocycles. The lowest BCUT2D eigenvalue weighted by Gasteiger charge is -2.18. The molecule has 0 radical (unpaired) electrons. The van der Waals surface area contributed by atoms with E-state index in [1.165, 1.54) is 38.4 Å². The molecule has 0 N–H and O–H groups in total. The van der Waals surface area contributed by atoms with E-state index in [-0.39, 0.29) is 0 Å². The van der Waals surface area contributed by atoms with Crippen LogP contribution >= 0.6 is 0 Å². The largest absolute Gasteiger partial charge is 0.208 e. The third-order valence-electron chi connectivity index (χ3n) is 9.30. The van der Waals surface area contributed by atoms with Crippen LogP contribution in [0, 0.1) is 0 Å². The smallest absolute Gasteiger partial charge is 0.164 e. The summed E-state index contributed by atoms with van der Waals surface area (Å²) in [5.74, 6) is 1.91. The van der Waals surface area contributed by atoms with Gasteiger partial charge in [-0.3, -0.25) is 0 Å². The van der Waals surface area contributed by atoms with Gasteiger partial charge in [0, 0.05) is 16.7 Å². The second-order valence-electron chi connectivity index (χ2n) is 12.4. The van der Waals surface area contributed by atoms with Gasteiger partial charge in [0.05, 0.1) is 0 Å². The first-order chi connectivity index (χ1) is 24.8. The van der Waals surface area contributed by atoms with Crippen molar-refractivity contribution in [3.05, 3.63) is 188 Å². The predicted molar refractivity (Wildman–Crippen MR) is 207 cm³/mol. The summed E-state index contributed by atoms with van der Waals surface area (Å²) in [5, 5.41) is 4.78. The SMILES string of the molecule is c1ccc(-c2cccc(-c3nc(-c4ccccc4)nc(-c4ccc5c(-c6ccccc6)c6ccccc6c(-c6ccccc6)c5c4)n3)c2)cc1. The Hall–Kier alpha value is -6.71. The first-order valence-electron chi connectivity index (χ1n) is 16.9. The molecule has 0 unspecified atom stereocenters. The lowest BCUT2D eigenvalue weighted by atomic mass is 9.85. The Kier molecular flexibility index (Phi) is 7.49. The van der Waals surface area contributed by atoms with Crippen LogP contribution in [0.15, 0.2) is 188 Å². The summed E-state index contributed by atoms with van der Waals surface area (Å²) in [5.41, 5.74) is 9.87. The second-order valence-corrected chi connectivity index (χ2v) is 12.4. The lowest BCUT2D eigenvalue weighted by Crippen LogP contribution is -2.00. The summed E-state index contributed by atoms with van der Waals surface area (Å²) in [7, 11) is 0. The second kappa shape index (κ2) is 12.7. The maximum atomic E-state index is 5.16. The number of fused-ring (bicyclic) bond motifs is 2. The van der Waals surface area contributed by atoms with Gasteiger partial charge < -0.3 is 0 Å². The first-order valence-corrected chi connectivity index (χ1v) is 16.9. The van der Waals surface area contributed by atoms with E-state index >= 15 is 0 Å². The van der Waals surface area contributed by atoms with Crippen molar-refractivity contribution in [3.63, 3.8) is 0 Å². The van der Waals surface area contributed by atoms with Crippen LogP contribution in [0.1, 0.15) is 0 Å². The van der Waals surface area contributed by atoms with Crippen LogP contribution in [0.5, 0.6) is 0 Å². The molecule has 0 amide bonds. The van der Waals surface area contributed by atoms with Crippen LogP contribution < -0.4 is 0 Å². The fourth-order valence-corrected chi connectivity index (χ4v) is 6.97. The van der Waals surface area contributed by atoms with Gasteiger partial charge in [-0.25, -0.2) is 15.0 Å². The summed E-state index contributed by atoms with van der Waals surface area (Å²) in [6, 6.07) is 65.8. The monoisotopic (exact) mass is 637 g/mol. The van der Waals surface area contributed by atoms with Crippen LogP contribution in [0.25, 0.3) is 89.1 Å². The van der Waals surface area contributed by atoms with Gasteiger partial charge in [-0.05, 0) is 67.1 Å². The maximum Gasteiger partial charge on any atom is 0.164 e. The van der Waals surface area contributed by atoms with Crippen molar-refractivity contribution in [3.8, 4) is 67.5 Å². The van der Waals surface area contributed by atoms with Crippen molar-refractivity contribution < 1.29 is 0 Å².